The molecule has 1 aliphatic heterocycles. The van der Waals surface area contributed by atoms with Crippen LogP contribution >= 0.6 is 0 Å². The predicted octanol–water partition coefficient (Wildman–Crippen LogP) is 0.575. The van der Waals surface area contributed by atoms with Gasteiger partial charge < -0.3 is 19.7 Å². The summed E-state index contributed by atoms with van der Waals surface area (Å²) in [7, 11) is 0. The Morgan fingerprint density at radius 1 is 1.33 bits per heavy atom. The number of carbonyl (C=O) groups excluding carboxylic acids is 3. The Morgan fingerprint density at radius 3 is 2.57 bits per heavy atom. The van der Waals surface area contributed by atoms with Crippen molar-refractivity contribution in [2.75, 3.05) is 32.8 Å². The van der Waals surface area contributed by atoms with Gasteiger partial charge in [0.25, 0.3) is 0 Å². The molecule has 1 atom stereocenters. The van der Waals surface area contributed by atoms with Gasteiger partial charge in [-0.1, -0.05) is 0 Å². The SMILES string of the molecule is CC(=O)NCC(=O)[C@H]1COCCN(C(=O)OC(C)(C)C)C1. The summed E-state index contributed by atoms with van der Waals surface area (Å²) < 4.78 is 10.7. The van der Waals surface area contributed by atoms with E-state index < -0.39 is 17.6 Å². The number of ketones is 1. The maximum Gasteiger partial charge on any atom is 0.410 e. The Kier molecular flexibility index (Phi) is 6.14. The number of hydrogen-bond donors (Lipinski definition) is 1. The van der Waals surface area contributed by atoms with Gasteiger partial charge in [0.15, 0.2) is 5.78 Å². The van der Waals surface area contributed by atoms with E-state index in [1.165, 1.54) is 11.8 Å². The fourth-order valence-corrected chi connectivity index (χ4v) is 1.85. The standard InChI is InChI=1S/C14H24N2O5/c1-10(17)15-7-12(18)11-8-16(5-6-20-9-11)13(19)21-14(2,3)4/h11H,5-9H2,1-4H3,(H,15,17)/t11-/m1/s1. The molecular formula is C14H24N2O5. The van der Waals surface area contributed by atoms with Gasteiger partial charge in [-0.3, -0.25) is 9.59 Å². The number of hydrogen-bond acceptors (Lipinski definition) is 5. The van der Waals surface area contributed by atoms with Crippen molar-refractivity contribution in [3.05, 3.63) is 0 Å². The van der Waals surface area contributed by atoms with Crippen LogP contribution in [0.5, 0.6) is 0 Å². The van der Waals surface area contributed by atoms with Crippen molar-refractivity contribution in [3.63, 3.8) is 0 Å². The first-order valence-electron chi connectivity index (χ1n) is 7.02. The van der Waals surface area contributed by atoms with Gasteiger partial charge in [0.1, 0.15) is 5.60 Å². The van der Waals surface area contributed by atoms with Crippen molar-refractivity contribution in [3.8, 4) is 0 Å². The number of amides is 2. The molecule has 0 radical (unpaired) electrons. The van der Waals surface area contributed by atoms with Crippen molar-refractivity contribution in [2.45, 2.75) is 33.3 Å². The zero-order valence-corrected chi connectivity index (χ0v) is 13.1. The lowest BCUT2D eigenvalue weighted by Gasteiger charge is -2.27. The molecule has 2 amide bonds. The van der Waals surface area contributed by atoms with Crippen molar-refractivity contribution < 1.29 is 23.9 Å². The lowest BCUT2D eigenvalue weighted by molar-refractivity contribution is -0.127. The van der Waals surface area contributed by atoms with Crippen LogP contribution in [-0.2, 0) is 19.1 Å². The molecule has 0 aromatic rings. The molecule has 7 heteroatoms. The molecule has 0 unspecified atom stereocenters. The van der Waals surface area contributed by atoms with Crippen molar-refractivity contribution in [1.82, 2.24) is 10.2 Å². The molecule has 1 saturated heterocycles. The molecule has 21 heavy (non-hydrogen) atoms. The molecule has 0 aromatic heterocycles. The topological polar surface area (TPSA) is 84.9 Å². The Bertz CT molecular complexity index is 403. The number of nitrogens with one attached hydrogen (secondary N) is 1. The highest BCUT2D eigenvalue weighted by atomic mass is 16.6. The quantitative estimate of drug-likeness (QED) is 0.824. The lowest BCUT2D eigenvalue weighted by Crippen LogP contribution is -2.43. The van der Waals surface area contributed by atoms with E-state index >= 15 is 0 Å². The van der Waals surface area contributed by atoms with Crippen LogP contribution in [0.4, 0.5) is 4.79 Å². The third kappa shape index (κ3) is 6.57. The van der Waals surface area contributed by atoms with Gasteiger partial charge in [-0.05, 0) is 20.8 Å². The van der Waals surface area contributed by atoms with Crippen LogP contribution in [0.3, 0.4) is 0 Å². The van der Waals surface area contributed by atoms with E-state index in [-0.39, 0.29) is 31.4 Å². The average molecular weight is 300 g/mol. The Hall–Kier alpha value is -1.63. The molecule has 0 saturated carbocycles. The van der Waals surface area contributed by atoms with Gasteiger partial charge in [-0.2, -0.15) is 0 Å². The third-order valence-electron chi connectivity index (χ3n) is 2.88. The Balaban J connectivity index is 2.61. The summed E-state index contributed by atoms with van der Waals surface area (Å²) in [5.74, 6) is -0.866. The molecule has 0 spiro atoms. The molecule has 0 aliphatic carbocycles. The predicted molar refractivity (Wildman–Crippen MR) is 75.8 cm³/mol. The summed E-state index contributed by atoms with van der Waals surface area (Å²) in [5.41, 5.74) is -0.583. The summed E-state index contributed by atoms with van der Waals surface area (Å²) in [6.45, 7) is 7.92. The molecular weight excluding hydrogens is 276 g/mol. The summed E-state index contributed by atoms with van der Waals surface area (Å²) in [6, 6.07) is 0. The van der Waals surface area contributed by atoms with Crippen LogP contribution in [0.15, 0.2) is 0 Å². The zero-order chi connectivity index (χ0) is 16.0. The highest BCUT2D eigenvalue weighted by Gasteiger charge is 2.29. The van der Waals surface area contributed by atoms with E-state index in [0.717, 1.165) is 0 Å². The van der Waals surface area contributed by atoms with E-state index in [4.69, 9.17) is 9.47 Å². The van der Waals surface area contributed by atoms with E-state index in [1.807, 2.05) is 0 Å². The van der Waals surface area contributed by atoms with Gasteiger partial charge in [0, 0.05) is 20.0 Å². The van der Waals surface area contributed by atoms with E-state index in [9.17, 15) is 14.4 Å². The van der Waals surface area contributed by atoms with Gasteiger partial charge >= 0.3 is 6.09 Å². The van der Waals surface area contributed by atoms with Gasteiger partial charge in [-0.15, -0.1) is 0 Å². The molecule has 1 N–H and O–H groups in total. The highest BCUT2D eigenvalue weighted by molar-refractivity contribution is 5.87. The second kappa shape index (κ2) is 7.40. The van der Waals surface area contributed by atoms with Crippen LogP contribution in [0.1, 0.15) is 27.7 Å². The summed E-state index contributed by atoms with van der Waals surface area (Å²) in [4.78, 5) is 36.4. The maximum atomic E-state index is 12.1. The normalized spacial score (nSPS) is 19.6. The summed E-state index contributed by atoms with van der Waals surface area (Å²) >= 11 is 0. The Labute approximate surface area is 124 Å². The van der Waals surface area contributed by atoms with Crippen molar-refractivity contribution >= 4 is 17.8 Å². The van der Waals surface area contributed by atoms with E-state index in [0.29, 0.717) is 13.2 Å². The number of nitrogens with zero attached hydrogens (tertiary/aromatic N) is 1. The lowest BCUT2D eigenvalue weighted by atomic mass is 10.0. The molecule has 1 rings (SSSR count). The second-order valence-corrected chi connectivity index (χ2v) is 6.07. The fraction of sp³-hybridized carbons (Fsp3) is 0.786. The third-order valence-corrected chi connectivity index (χ3v) is 2.88. The van der Waals surface area contributed by atoms with Crippen LogP contribution in [0, 0.1) is 5.92 Å². The largest absolute Gasteiger partial charge is 0.444 e. The summed E-state index contributed by atoms with van der Waals surface area (Å²) in [6.07, 6.45) is -0.453. The van der Waals surface area contributed by atoms with Gasteiger partial charge in [0.2, 0.25) is 5.91 Å². The first-order valence-corrected chi connectivity index (χ1v) is 7.02. The zero-order valence-electron chi connectivity index (χ0n) is 13.1. The molecule has 7 nitrogen and oxygen atoms in total. The number of ether oxygens (including phenoxy) is 2. The molecule has 1 heterocycles. The Morgan fingerprint density at radius 2 is 2.00 bits per heavy atom. The first kappa shape index (κ1) is 17.4. The van der Waals surface area contributed by atoms with Crippen molar-refractivity contribution in [1.29, 1.82) is 0 Å². The van der Waals surface area contributed by atoms with Crippen LogP contribution < -0.4 is 5.32 Å². The minimum atomic E-state index is -0.583. The van der Waals surface area contributed by atoms with Crippen LogP contribution in [0.2, 0.25) is 0 Å². The molecule has 1 aliphatic rings. The smallest absolute Gasteiger partial charge is 0.410 e. The van der Waals surface area contributed by atoms with E-state index in [2.05, 4.69) is 5.32 Å². The van der Waals surface area contributed by atoms with Crippen LogP contribution in [0.25, 0.3) is 0 Å². The molecule has 120 valence electrons. The first-order chi connectivity index (χ1) is 9.69. The molecule has 0 bridgehead atoms. The molecule has 0 aromatic carbocycles. The monoisotopic (exact) mass is 300 g/mol. The summed E-state index contributed by atoms with van der Waals surface area (Å²) in [5, 5.41) is 2.47. The maximum absolute atomic E-state index is 12.1. The molecule has 1 fully saturated rings. The average Bonchev–Trinajstić information content (AvgIpc) is 2.59. The van der Waals surface area contributed by atoms with Gasteiger partial charge in [0.05, 0.1) is 25.7 Å². The number of Topliss-reactive ketones (excluding diaryl/α,β-unsaturated/α-hetero) is 1. The number of carbonyl (C=O) groups is 3. The van der Waals surface area contributed by atoms with Crippen molar-refractivity contribution in [2.24, 2.45) is 5.92 Å². The highest BCUT2D eigenvalue weighted by Crippen LogP contribution is 2.14. The van der Waals surface area contributed by atoms with E-state index in [1.54, 1.807) is 20.8 Å². The van der Waals surface area contributed by atoms with Gasteiger partial charge in [-0.25, -0.2) is 4.79 Å². The minimum Gasteiger partial charge on any atom is -0.444 e. The second-order valence-electron chi connectivity index (χ2n) is 6.07. The fourth-order valence-electron chi connectivity index (χ4n) is 1.85. The minimum absolute atomic E-state index is 0.0501. The number of rotatable bonds is 3. The van der Waals surface area contributed by atoms with Crippen LogP contribution in [-0.4, -0.2) is 61.1 Å².